The van der Waals surface area contributed by atoms with E-state index >= 15 is 0 Å². The molecule has 3 saturated heterocycles. The minimum Gasteiger partial charge on any atom is -0.450 e. The number of ether oxygens (including phenoxy) is 1. The van der Waals surface area contributed by atoms with Crippen molar-refractivity contribution < 1.29 is 9.53 Å². The van der Waals surface area contributed by atoms with Crippen molar-refractivity contribution in [3.8, 4) is 0 Å². The summed E-state index contributed by atoms with van der Waals surface area (Å²) in [5.41, 5.74) is 4.46. The lowest BCUT2D eigenvalue weighted by Crippen LogP contribution is -2.48. The molecule has 4 aliphatic heterocycles. The molecule has 0 bridgehead atoms. The Bertz CT molecular complexity index is 807. The van der Waals surface area contributed by atoms with Crippen LogP contribution in [0.25, 0.3) is 0 Å². The fourth-order valence-corrected chi connectivity index (χ4v) is 6.44. The van der Waals surface area contributed by atoms with Gasteiger partial charge in [-0.15, -0.1) is 0 Å². The van der Waals surface area contributed by atoms with Crippen LogP contribution in [0.15, 0.2) is 18.2 Å². The topological polar surface area (TPSA) is 39.3 Å². The highest BCUT2D eigenvalue weighted by atomic mass is 16.6. The third-order valence-electron chi connectivity index (χ3n) is 8.34. The maximum absolute atomic E-state index is 12.0. The van der Waals surface area contributed by atoms with Crippen molar-refractivity contribution in [1.29, 1.82) is 0 Å². The minimum absolute atomic E-state index is 0.147. The summed E-state index contributed by atoms with van der Waals surface area (Å²) < 4.78 is 5.17. The molecule has 6 heteroatoms. The van der Waals surface area contributed by atoms with E-state index in [9.17, 15) is 4.79 Å². The number of piperidine rings is 1. The predicted octanol–water partition coefficient (Wildman–Crippen LogP) is 3.73. The van der Waals surface area contributed by atoms with Gasteiger partial charge in [0.05, 0.1) is 6.61 Å². The molecule has 6 nitrogen and oxygen atoms in total. The van der Waals surface area contributed by atoms with Crippen LogP contribution in [-0.4, -0.2) is 84.8 Å². The SMILES string of the molecule is CCOC(=O)N1CCC(N2CCc3cc(N4CC[C@H](N5CCC[C@@H]5C)C4)ccc3C2)CC1. The molecule has 1 aromatic rings. The zero-order valence-electron chi connectivity index (χ0n) is 20.0. The molecular formula is C26H40N4O2. The fraction of sp³-hybridized carbons (Fsp3) is 0.731. The summed E-state index contributed by atoms with van der Waals surface area (Å²) in [6.45, 7) is 12.2. The summed E-state index contributed by atoms with van der Waals surface area (Å²) in [6, 6.07) is 9.30. The zero-order chi connectivity index (χ0) is 22.1. The van der Waals surface area contributed by atoms with Gasteiger partial charge in [-0.2, -0.15) is 0 Å². The first kappa shape index (κ1) is 22.0. The van der Waals surface area contributed by atoms with Crippen LogP contribution in [0, 0.1) is 0 Å². The first-order valence-electron chi connectivity index (χ1n) is 12.9. The summed E-state index contributed by atoms with van der Waals surface area (Å²) in [7, 11) is 0. The van der Waals surface area contributed by atoms with Crippen molar-refractivity contribution >= 4 is 11.8 Å². The lowest BCUT2D eigenvalue weighted by atomic mass is 9.95. The number of fused-ring (bicyclic) bond motifs is 1. The number of hydrogen-bond donors (Lipinski definition) is 0. The third kappa shape index (κ3) is 4.49. The molecule has 32 heavy (non-hydrogen) atoms. The summed E-state index contributed by atoms with van der Waals surface area (Å²) in [4.78, 5) is 21.9. The molecule has 4 heterocycles. The van der Waals surface area contributed by atoms with Crippen LogP contribution in [0.1, 0.15) is 57.1 Å². The summed E-state index contributed by atoms with van der Waals surface area (Å²) in [5.74, 6) is 0. The molecule has 0 radical (unpaired) electrons. The van der Waals surface area contributed by atoms with Gasteiger partial charge in [0.25, 0.3) is 0 Å². The first-order chi connectivity index (χ1) is 15.6. The highest BCUT2D eigenvalue weighted by Gasteiger charge is 2.34. The van der Waals surface area contributed by atoms with E-state index in [0.29, 0.717) is 12.6 Å². The smallest absolute Gasteiger partial charge is 0.409 e. The van der Waals surface area contributed by atoms with E-state index < -0.39 is 0 Å². The lowest BCUT2D eigenvalue weighted by molar-refractivity contribution is 0.0706. The number of amides is 1. The number of anilines is 1. The normalized spacial score (nSPS) is 27.7. The molecule has 4 aliphatic rings. The van der Waals surface area contributed by atoms with E-state index in [-0.39, 0.29) is 6.09 Å². The number of carbonyl (C=O) groups excluding carboxylic acids is 1. The Hall–Kier alpha value is -1.79. The zero-order valence-corrected chi connectivity index (χ0v) is 20.0. The lowest BCUT2D eigenvalue weighted by Gasteiger charge is -2.40. The maximum Gasteiger partial charge on any atom is 0.409 e. The van der Waals surface area contributed by atoms with Gasteiger partial charge in [-0.25, -0.2) is 4.79 Å². The van der Waals surface area contributed by atoms with Crippen LogP contribution in [0.2, 0.25) is 0 Å². The van der Waals surface area contributed by atoms with Crippen molar-refractivity contribution in [3.05, 3.63) is 29.3 Å². The van der Waals surface area contributed by atoms with Crippen LogP contribution in [0.3, 0.4) is 0 Å². The van der Waals surface area contributed by atoms with E-state index in [1.807, 2.05) is 11.8 Å². The highest BCUT2D eigenvalue weighted by molar-refractivity contribution is 5.67. The molecule has 2 atom stereocenters. The van der Waals surface area contributed by atoms with E-state index in [0.717, 1.165) is 57.5 Å². The molecule has 0 unspecified atom stereocenters. The van der Waals surface area contributed by atoms with E-state index in [4.69, 9.17) is 4.74 Å². The number of carbonyl (C=O) groups is 1. The Labute approximate surface area is 193 Å². The summed E-state index contributed by atoms with van der Waals surface area (Å²) in [5, 5.41) is 0. The molecule has 3 fully saturated rings. The monoisotopic (exact) mass is 440 g/mol. The molecule has 0 saturated carbocycles. The molecule has 0 aliphatic carbocycles. The predicted molar refractivity (Wildman–Crippen MR) is 128 cm³/mol. The fourth-order valence-electron chi connectivity index (χ4n) is 6.44. The molecule has 176 valence electrons. The number of nitrogens with zero attached hydrogens (tertiary/aromatic N) is 4. The quantitative estimate of drug-likeness (QED) is 0.713. The molecule has 1 amide bonds. The third-order valence-corrected chi connectivity index (χ3v) is 8.34. The second kappa shape index (κ2) is 9.60. The second-order valence-corrected chi connectivity index (χ2v) is 10.2. The van der Waals surface area contributed by atoms with Crippen LogP contribution in [0.4, 0.5) is 10.5 Å². The van der Waals surface area contributed by atoms with Gasteiger partial charge in [-0.3, -0.25) is 9.80 Å². The number of likely N-dealkylation sites (tertiary alicyclic amines) is 2. The number of benzene rings is 1. The summed E-state index contributed by atoms with van der Waals surface area (Å²) in [6.07, 6.45) is 7.14. The molecule has 0 aromatic heterocycles. The Morgan fingerprint density at radius 3 is 2.56 bits per heavy atom. The standard InChI is InChI=1S/C26H40N4O2/c1-3-32-26(31)27-14-9-23(10-15-27)28-13-8-21-17-24(7-6-22(21)18-28)29-16-11-25(19-29)30-12-4-5-20(30)2/h6-7,17,20,23,25H,3-5,8-16,18-19H2,1-2H3/t20-,25-/m0/s1. The van der Waals surface area contributed by atoms with Gasteiger partial charge in [0.1, 0.15) is 0 Å². The highest BCUT2D eigenvalue weighted by Crippen LogP contribution is 2.32. The van der Waals surface area contributed by atoms with Crippen molar-refractivity contribution in [3.63, 3.8) is 0 Å². The van der Waals surface area contributed by atoms with Crippen LogP contribution in [0.5, 0.6) is 0 Å². The largest absolute Gasteiger partial charge is 0.450 e. The van der Waals surface area contributed by atoms with Crippen molar-refractivity contribution in [2.24, 2.45) is 0 Å². The van der Waals surface area contributed by atoms with Crippen LogP contribution >= 0.6 is 0 Å². The van der Waals surface area contributed by atoms with Crippen molar-refractivity contribution in [1.82, 2.24) is 14.7 Å². The Morgan fingerprint density at radius 1 is 1.00 bits per heavy atom. The van der Waals surface area contributed by atoms with Gasteiger partial charge in [0.15, 0.2) is 0 Å². The van der Waals surface area contributed by atoms with E-state index in [1.165, 1.54) is 50.1 Å². The van der Waals surface area contributed by atoms with Crippen molar-refractivity contribution in [2.45, 2.75) is 77.0 Å². The van der Waals surface area contributed by atoms with Gasteiger partial charge in [0.2, 0.25) is 0 Å². The molecule has 1 aromatic carbocycles. The van der Waals surface area contributed by atoms with Crippen molar-refractivity contribution in [2.75, 3.05) is 50.8 Å². The van der Waals surface area contributed by atoms with Gasteiger partial charge < -0.3 is 14.5 Å². The number of rotatable bonds is 4. The van der Waals surface area contributed by atoms with Crippen LogP contribution in [-0.2, 0) is 17.7 Å². The van der Waals surface area contributed by atoms with Gasteiger partial charge in [-0.05, 0) is 82.2 Å². The average Bonchev–Trinajstić information content (AvgIpc) is 3.47. The Morgan fingerprint density at radius 2 is 1.81 bits per heavy atom. The average molecular weight is 441 g/mol. The molecule has 0 N–H and O–H groups in total. The maximum atomic E-state index is 12.0. The van der Waals surface area contributed by atoms with E-state index in [2.05, 4.69) is 39.8 Å². The number of hydrogen-bond acceptors (Lipinski definition) is 5. The molecular weight excluding hydrogens is 400 g/mol. The first-order valence-corrected chi connectivity index (χ1v) is 12.9. The molecule has 5 rings (SSSR count). The van der Waals surface area contributed by atoms with Gasteiger partial charge in [0, 0.05) is 63.1 Å². The molecule has 0 spiro atoms. The minimum atomic E-state index is -0.147. The Balaban J connectivity index is 1.16. The van der Waals surface area contributed by atoms with Gasteiger partial charge in [-0.1, -0.05) is 6.07 Å². The van der Waals surface area contributed by atoms with Gasteiger partial charge >= 0.3 is 6.09 Å². The second-order valence-electron chi connectivity index (χ2n) is 10.2. The van der Waals surface area contributed by atoms with E-state index in [1.54, 1.807) is 5.56 Å². The van der Waals surface area contributed by atoms with Crippen LogP contribution < -0.4 is 4.90 Å². The summed E-state index contributed by atoms with van der Waals surface area (Å²) >= 11 is 0. The Kier molecular flexibility index (Phi) is 6.61.